The van der Waals surface area contributed by atoms with E-state index in [0.29, 0.717) is 37.8 Å². The number of hydrogen-bond acceptors (Lipinski definition) is 3. The van der Waals surface area contributed by atoms with Crippen molar-refractivity contribution in [2.24, 2.45) is 4.99 Å². The Morgan fingerprint density at radius 3 is 2.34 bits per heavy atom. The molecule has 0 saturated heterocycles. The molecule has 2 aromatic rings. The molecule has 0 saturated carbocycles. The summed E-state index contributed by atoms with van der Waals surface area (Å²) in [7, 11) is 1.73. The van der Waals surface area contributed by atoms with Crippen molar-refractivity contribution in [3.05, 3.63) is 65.7 Å². The van der Waals surface area contributed by atoms with Crippen LogP contribution < -0.4 is 20.7 Å². The number of hydrogen-bond donors (Lipinski definition) is 3. The normalized spacial score (nSPS) is 10.6. The number of amides is 1. The lowest BCUT2D eigenvalue weighted by Gasteiger charge is -2.13. The Morgan fingerprint density at radius 2 is 1.69 bits per heavy atom. The van der Waals surface area contributed by atoms with Crippen LogP contribution in [0, 0.1) is 0 Å². The van der Waals surface area contributed by atoms with E-state index in [1.54, 1.807) is 7.05 Å². The Kier molecular flexibility index (Phi) is 12.5. The Hall–Kier alpha value is -2.29. The van der Waals surface area contributed by atoms with Crippen LogP contribution in [-0.2, 0) is 6.54 Å². The van der Waals surface area contributed by atoms with Crippen LogP contribution in [0.2, 0.25) is 0 Å². The van der Waals surface area contributed by atoms with Gasteiger partial charge in [-0.1, -0.05) is 43.7 Å². The average Bonchev–Trinajstić information content (AvgIpc) is 2.74. The van der Waals surface area contributed by atoms with Gasteiger partial charge in [0.25, 0.3) is 5.91 Å². The summed E-state index contributed by atoms with van der Waals surface area (Å²) in [5.41, 5.74) is 1.76. The Bertz CT molecular complexity index is 736. The lowest BCUT2D eigenvalue weighted by atomic mass is 10.1. The smallest absolute Gasteiger partial charge is 0.251 e. The summed E-state index contributed by atoms with van der Waals surface area (Å²) >= 11 is 0. The molecule has 6 nitrogen and oxygen atoms in total. The fourth-order valence-electron chi connectivity index (χ4n) is 2.52. The number of ether oxygens (including phenoxy) is 1. The van der Waals surface area contributed by atoms with Crippen molar-refractivity contribution >= 4 is 35.8 Å². The largest absolute Gasteiger partial charge is 0.492 e. The van der Waals surface area contributed by atoms with Gasteiger partial charge in [0.2, 0.25) is 0 Å². The molecule has 29 heavy (non-hydrogen) atoms. The van der Waals surface area contributed by atoms with E-state index in [-0.39, 0.29) is 29.9 Å². The quantitative estimate of drug-likeness (QED) is 0.198. The number of unbranched alkanes of at least 4 members (excludes halogenated alkanes) is 1. The highest BCUT2D eigenvalue weighted by molar-refractivity contribution is 14.0. The van der Waals surface area contributed by atoms with E-state index in [1.165, 1.54) is 0 Å². The molecule has 0 atom stereocenters. The first kappa shape index (κ1) is 24.7. The summed E-state index contributed by atoms with van der Waals surface area (Å²) in [5, 5.41) is 9.40. The molecule has 2 rings (SSSR count). The van der Waals surface area contributed by atoms with Crippen molar-refractivity contribution in [1.82, 2.24) is 16.0 Å². The van der Waals surface area contributed by atoms with E-state index in [4.69, 9.17) is 4.74 Å². The summed E-state index contributed by atoms with van der Waals surface area (Å²) in [6, 6.07) is 17.3. The molecule has 0 unspecified atom stereocenters. The van der Waals surface area contributed by atoms with Gasteiger partial charge in [0.1, 0.15) is 12.4 Å². The molecule has 0 spiro atoms. The molecule has 1 amide bonds. The number of benzene rings is 2. The number of carbonyl (C=O) groups is 1. The molecular formula is C22H31IN4O2. The van der Waals surface area contributed by atoms with Crippen molar-refractivity contribution in [2.45, 2.75) is 26.3 Å². The number of halogens is 1. The van der Waals surface area contributed by atoms with E-state index in [9.17, 15) is 4.79 Å². The second-order valence-electron chi connectivity index (χ2n) is 6.32. The Balaban J connectivity index is 0.00000420. The number of aliphatic imine (C=N–C) groups is 1. The molecular weight excluding hydrogens is 479 g/mol. The maximum atomic E-state index is 12.0. The fraction of sp³-hybridized carbons (Fsp3) is 0.364. The van der Waals surface area contributed by atoms with Crippen LogP contribution in [-0.4, -0.2) is 38.6 Å². The topological polar surface area (TPSA) is 74.8 Å². The molecule has 3 N–H and O–H groups in total. The number of nitrogens with one attached hydrogen (secondary N) is 3. The van der Waals surface area contributed by atoms with Gasteiger partial charge in [-0.15, -0.1) is 24.0 Å². The molecule has 158 valence electrons. The third-order valence-corrected chi connectivity index (χ3v) is 4.12. The molecule has 0 fully saturated rings. The molecule has 0 heterocycles. The highest BCUT2D eigenvalue weighted by Crippen LogP contribution is 2.07. The van der Waals surface area contributed by atoms with E-state index in [0.717, 1.165) is 24.2 Å². The van der Waals surface area contributed by atoms with E-state index < -0.39 is 0 Å². The highest BCUT2D eigenvalue weighted by atomic mass is 127. The summed E-state index contributed by atoms with van der Waals surface area (Å²) in [6.07, 6.45) is 2.06. The molecule has 0 aliphatic carbocycles. The van der Waals surface area contributed by atoms with Gasteiger partial charge >= 0.3 is 0 Å². The van der Waals surface area contributed by atoms with E-state index in [2.05, 4.69) is 27.9 Å². The second kappa shape index (κ2) is 14.7. The Morgan fingerprint density at radius 1 is 0.966 bits per heavy atom. The van der Waals surface area contributed by atoms with Crippen LogP contribution in [0.15, 0.2) is 59.6 Å². The predicted molar refractivity (Wildman–Crippen MR) is 129 cm³/mol. The van der Waals surface area contributed by atoms with Crippen molar-refractivity contribution in [3.8, 4) is 5.75 Å². The second-order valence-corrected chi connectivity index (χ2v) is 6.32. The molecule has 0 aromatic heterocycles. The van der Waals surface area contributed by atoms with Gasteiger partial charge in [-0.05, 0) is 36.2 Å². The highest BCUT2D eigenvalue weighted by Gasteiger charge is 2.05. The summed E-state index contributed by atoms with van der Waals surface area (Å²) in [5.74, 6) is 1.54. The molecule has 0 aliphatic rings. The number of guanidine groups is 1. The Labute approximate surface area is 190 Å². The van der Waals surface area contributed by atoms with Gasteiger partial charge in [-0.25, -0.2) is 0 Å². The van der Waals surface area contributed by atoms with Crippen molar-refractivity contribution < 1.29 is 9.53 Å². The summed E-state index contributed by atoms with van der Waals surface area (Å²) in [6.45, 7) is 4.64. The van der Waals surface area contributed by atoms with Gasteiger partial charge in [0.15, 0.2) is 5.96 Å². The standard InChI is InChI=1S/C22H30N4O2.HI/c1-3-4-14-24-21(27)19-12-10-18(11-13-19)17-26-22(23-2)25-15-16-28-20-8-6-5-7-9-20;/h5-13H,3-4,14-17H2,1-2H3,(H,24,27)(H2,23,25,26);1H. The minimum atomic E-state index is -0.0242. The van der Waals surface area contributed by atoms with Crippen molar-refractivity contribution in [3.63, 3.8) is 0 Å². The molecule has 0 aliphatic heterocycles. The van der Waals surface area contributed by atoms with Gasteiger partial charge in [0, 0.05) is 25.7 Å². The minimum Gasteiger partial charge on any atom is -0.492 e. The zero-order chi connectivity index (χ0) is 20.0. The van der Waals surface area contributed by atoms with Crippen LogP contribution >= 0.6 is 24.0 Å². The van der Waals surface area contributed by atoms with Gasteiger partial charge in [-0.2, -0.15) is 0 Å². The lowest BCUT2D eigenvalue weighted by molar-refractivity contribution is 0.0953. The number of carbonyl (C=O) groups excluding carboxylic acids is 1. The molecule has 2 aromatic carbocycles. The van der Waals surface area contributed by atoms with Gasteiger partial charge in [-0.3, -0.25) is 9.79 Å². The minimum absolute atomic E-state index is 0. The first-order valence-electron chi connectivity index (χ1n) is 9.72. The fourth-order valence-corrected chi connectivity index (χ4v) is 2.52. The maximum absolute atomic E-state index is 12.0. The first-order valence-corrected chi connectivity index (χ1v) is 9.72. The zero-order valence-corrected chi connectivity index (χ0v) is 19.4. The maximum Gasteiger partial charge on any atom is 0.251 e. The van der Waals surface area contributed by atoms with E-state index in [1.807, 2.05) is 54.6 Å². The average molecular weight is 510 g/mol. The van der Waals surface area contributed by atoms with Gasteiger partial charge < -0.3 is 20.7 Å². The molecule has 7 heteroatoms. The van der Waals surface area contributed by atoms with Crippen LogP contribution in [0.1, 0.15) is 35.7 Å². The lowest BCUT2D eigenvalue weighted by Crippen LogP contribution is -2.38. The third kappa shape index (κ3) is 9.65. The van der Waals surface area contributed by atoms with E-state index >= 15 is 0 Å². The third-order valence-electron chi connectivity index (χ3n) is 4.12. The number of nitrogens with zero attached hydrogens (tertiary/aromatic N) is 1. The number of para-hydroxylation sites is 1. The van der Waals surface area contributed by atoms with Crippen molar-refractivity contribution in [1.29, 1.82) is 0 Å². The number of rotatable bonds is 10. The summed E-state index contributed by atoms with van der Waals surface area (Å²) < 4.78 is 5.65. The zero-order valence-electron chi connectivity index (χ0n) is 17.1. The first-order chi connectivity index (χ1) is 13.7. The van der Waals surface area contributed by atoms with Crippen LogP contribution in [0.25, 0.3) is 0 Å². The monoisotopic (exact) mass is 510 g/mol. The van der Waals surface area contributed by atoms with Gasteiger partial charge in [0.05, 0.1) is 6.54 Å². The predicted octanol–water partition coefficient (Wildman–Crippen LogP) is 3.58. The molecule has 0 bridgehead atoms. The van der Waals surface area contributed by atoms with Crippen LogP contribution in [0.4, 0.5) is 0 Å². The van der Waals surface area contributed by atoms with Crippen LogP contribution in [0.5, 0.6) is 5.75 Å². The van der Waals surface area contributed by atoms with Crippen LogP contribution in [0.3, 0.4) is 0 Å². The summed E-state index contributed by atoms with van der Waals surface area (Å²) in [4.78, 5) is 16.2. The molecule has 0 radical (unpaired) electrons. The van der Waals surface area contributed by atoms with Crippen molar-refractivity contribution in [2.75, 3.05) is 26.7 Å². The SMILES string of the molecule is CCCCNC(=O)c1ccc(CNC(=NC)NCCOc2ccccc2)cc1.I.